The van der Waals surface area contributed by atoms with Crippen molar-refractivity contribution in [1.29, 1.82) is 0 Å². The molecular weight excluding hydrogens is 334 g/mol. The number of hydrogen-bond donors (Lipinski definition) is 1. The van der Waals surface area contributed by atoms with Crippen LogP contribution in [0.1, 0.15) is 23.2 Å². The molecule has 26 heavy (non-hydrogen) atoms. The van der Waals surface area contributed by atoms with Crippen LogP contribution in [-0.4, -0.2) is 39.4 Å². The van der Waals surface area contributed by atoms with E-state index in [1.165, 1.54) is 7.11 Å². The lowest BCUT2D eigenvalue weighted by Crippen LogP contribution is -2.16. The maximum atomic E-state index is 12.5. The molecule has 1 N–H and O–H groups in total. The summed E-state index contributed by atoms with van der Waals surface area (Å²) < 4.78 is 21.7. The maximum absolute atomic E-state index is 12.5. The second-order valence-corrected chi connectivity index (χ2v) is 5.99. The summed E-state index contributed by atoms with van der Waals surface area (Å²) in [4.78, 5) is 12.5. The van der Waals surface area contributed by atoms with E-state index in [-0.39, 0.29) is 12.0 Å². The first-order valence-corrected chi connectivity index (χ1v) is 8.57. The van der Waals surface area contributed by atoms with E-state index in [9.17, 15) is 4.79 Å². The van der Waals surface area contributed by atoms with E-state index in [1.54, 1.807) is 37.4 Å². The number of hydrogen-bond acceptors (Lipinski definition) is 5. The minimum atomic E-state index is -0.252. The van der Waals surface area contributed by atoms with Crippen molar-refractivity contribution in [1.82, 2.24) is 0 Å². The molecule has 1 amide bonds. The summed E-state index contributed by atoms with van der Waals surface area (Å²) in [6.45, 7) is 1.36. The van der Waals surface area contributed by atoms with Gasteiger partial charge in [-0.1, -0.05) is 0 Å². The molecule has 1 fully saturated rings. The van der Waals surface area contributed by atoms with E-state index in [4.69, 9.17) is 18.9 Å². The molecule has 0 aromatic heterocycles. The fourth-order valence-corrected chi connectivity index (χ4v) is 2.78. The number of rotatable bonds is 7. The summed E-state index contributed by atoms with van der Waals surface area (Å²) in [5.74, 6) is 1.59. The van der Waals surface area contributed by atoms with Crippen molar-refractivity contribution in [2.45, 2.75) is 18.9 Å². The predicted octanol–water partition coefficient (Wildman–Crippen LogP) is 3.51. The molecule has 0 aliphatic carbocycles. The summed E-state index contributed by atoms with van der Waals surface area (Å²) in [7, 11) is 3.09. The largest absolute Gasteiger partial charge is 0.497 e. The predicted molar refractivity (Wildman–Crippen MR) is 98.4 cm³/mol. The standard InChI is InChI=1S/C20H23NO5/c1-23-16-9-10-18(19(12-16)24-2)20(22)21-14-5-7-15(8-6-14)26-13-17-4-3-11-25-17/h5-10,12,17H,3-4,11,13H2,1-2H3,(H,21,22)/t17-/m0/s1. The Morgan fingerprint density at radius 2 is 1.88 bits per heavy atom. The van der Waals surface area contributed by atoms with Gasteiger partial charge in [0.15, 0.2) is 0 Å². The third-order valence-electron chi connectivity index (χ3n) is 4.23. The first kappa shape index (κ1) is 18.1. The van der Waals surface area contributed by atoms with Crippen molar-refractivity contribution in [3.05, 3.63) is 48.0 Å². The Bertz CT molecular complexity index is 738. The van der Waals surface area contributed by atoms with Crippen LogP contribution < -0.4 is 19.5 Å². The first-order valence-electron chi connectivity index (χ1n) is 8.57. The Morgan fingerprint density at radius 3 is 2.54 bits per heavy atom. The highest BCUT2D eigenvalue weighted by Crippen LogP contribution is 2.26. The summed E-state index contributed by atoms with van der Waals surface area (Å²) in [5.41, 5.74) is 1.12. The second-order valence-electron chi connectivity index (χ2n) is 5.99. The highest BCUT2D eigenvalue weighted by molar-refractivity contribution is 6.06. The molecule has 1 atom stereocenters. The van der Waals surface area contributed by atoms with Crippen LogP contribution >= 0.6 is 0 Å². The number of carbonyl (C=O) groups is 1. The quantitative estimate of drug-likeness (QED) is 0.821. The molecule has 0 radical (unpaired) electrons. The first-order chi connectivity index (χ1) is 12.7. The molecule has 6 nitrogen and oxygen atoms in total. The van der Waals surface area contributed by atoms with Gasteiger partial charge >= 0.3 is 0 Å². The third-order valence-corrected chi connectivity index (χ3v) is 4.23. The molecule has 3 rings (SSSR count). The molecule has 0 spiro atoms. The van der Waals surface area contributed by atoms with Crippen LogP contribution in [0.25, 0.3) is 0 Å². The number of benzene rings is 2. The van der Waals surface area contributed by atoms with Gasteiger partial charge in [0.1, 0.15) is 23.9 Å². The molecule has 138 valence electrons. The smallest absolute Gasteiger partial charge is 0.259 e. The van der Waals surface area contributed by atoms with Crippen LogP contribution in [0.15, 0.2) is 42.5 Å². The Balaban J connectivity index is 1.60. The topological polar surface area (TPSA) is 66.0 Å². The fraction of sp³-hybridized carbons (Fsp3) is 0.350. The maximum Gasteiger partial charge on any atom is 0.259 e. The molecule has 1 aliphatic rings. The van der Waals surface area contributed by atoms with Crippen LogP contribution in [0.4, 0.5) is 5.69 Å². The second kappa shape index (κ2) is 8.58. The lowest BCUT2D eigenvalue weighted by molar-refractivity contribution is 0.0679. The molecule has 2 aromatic rings. The van der Waals surface area contributed by atoms with Gasteiger partial charge in [-0.25, -0.2) is 0 Å². The molecule has 1 saturated heterocycles. The van der Waals surface area contributed by atoms with Gasteiger partial charge in [-0.15, -0.1) is 0 Å². The Hall–Kier alpha value is -2.73. The third kappa shape index (κ3) is 4.46. The normalized spacial score (nSPS) is 16.2. The van der Waals surface area contributed by atoms with E-state index in [0.29, 0.717) is 29.4 Å². The minimum absolute atomic E-state index is 0.178. The molecule has 1 heterocycles. The molecule has 2 aromatic carbocycles. The highest BCUT2D eigenvalue weighted by atomic mass is 16.5. The van der Waals surface area contributed by atoms with Crippen molar-refractivity contribution in [2.24, 2.45) is 0 Å². The van der Waals surface area contributed by atoms with Crippen molar-refractivity contribution in [3.63, 3.8) is 0 Å². The van der Waals surface area contributed by atoms with Crippen molar-refractivity contribution < 1.29 is 23.7 Å². The molecule has 0 saturated carbocycles. The average molecular weight is 357 g/mol. The number of ether oxygens (including phenoxy) is 4. The Labute approximate surface area is 153 Å². The van der Waals surface area contributed by atoms with Crippen LogP contribution in [-0.2, 0) is 4.74 Å². The monoisotopic (exact) mass is 357 g/mol. The van der Waals surface area contributed by atoms with Crippen molar-refractivity contribution in [2.75, 3.05) is 32.8 Å². The van der Waals surface area contributed by atoms with Gasteiger partial charge in [-0.3, -0.25) is 4.79 Å². The summed E-state index contributed by atoms with van der Waals surface area (Å²) in [6.07, 6.45) is 2.31. The highest BCUT2D eigenvalue weighted by Gasteiger charge is 2.16. The Kier molecular flexibility index (Phi) is 5.96. The van der Waals surface area contributed by atoms with Crippen LogP contribution in [0.5, 0.6) is 17.2 Å². The van der Waals surface area contributed by atoms with Gasteiger partial charge in [0, 0.05) is 18.4 Å². The Morgan fingerprint density at radius 1 is 1.12 bits per heavy atom. The molecule has 6 heteroatoms. The van der Waals surface area contributed by atoms with E-state index < -0.39 is 0 Å². The number of anilines is 1. The molecule has 0 unspecified atom stereocenters. The van der Waals surface area contributed by atoms with Gasteiger partial charge in [0.25, 0.3) is 5.91 Å². The molecular formula is C20H23NO5. The van der Waals surface area contributed by atoms with Crippen molar-refractivity contribution in [3.8, 4) is 17.2 Å². The van der Waals surface area contributed by atoms with Crippen LogP contribution in [0.2, 0.25) is 0 Å². The minimum Gasteiger partial charge on any atom is -0.497 e. The number of methoxy groups -OCH3 is 2. The zero-order chi connectivity index (χ0) is 18.4. The zero-order valence-corrected chi connectivity index (χ0v) is 15.0. The van der Waals surface area contributed by atoms with E-state index in [2.05, 4.69) is 5.32 Å². The van der Waals surface area contributed by atoms with Crippen LogP contribution in [0, 0.1) is 0 Å². The fourth-order valence-electron chi connectivity index (χ4n) is 2.78. The van der Waals surface area contributed by atoms with Gasteiger partial charge in [0.05, 0.1) is 25.9 Å². The van der Waals surface area contributed by atoms with Gasteiger partial charge in [0.2, 0.25) is 0 Å². The van der Waals surface area contributed by atoms with Crippen LogP contribution in [0.3, 0.4) is 0 Å². The molecule has 0 bridgehead atoms. The lowest BCUT2D eigenvalue weighted by Gasteiger charge is -2.13. The lowest BCUT2D eigenvalue weighted by atomic mass is 10.1. The number of nitrogens with one attached hydrogen (secondary N) is 1. The summed E-state index contributed by atoms with van der Waals surface area (Å²) in [6, 6.07) is 12.3. The summed E-state index contributed by atoms with van der Waals surface area (Å²) in [5, 5.41) is 2.85. The zero-order valence-electron chi connectivity index (χ0n) is 15.0. The van der Waals surface area contributed by atoms with E-state index >= 15 is 0 Å². The SMILES string of the molecule is COc1ccc(C(=O)Nc2ccc(OC[C@@H]3CCCO3)cc2)c(OC)c1. The van der Waals surface area contributed by atoms with Gasteiger partial charge < -0.3 is 24.3 Å². The van der Waals surface area contributed by atoms with E-state index in [1.807, 2.05) is 12.1 Å². The summed E-state index contributed by atoms with van der Waals surface area (Å²) >= 11 is 0. The molecule has 1 aliphatic heterocycles. The van der Waals surface area contributed by atoms with E-state index in [0.717, 1.165) is 25.2 Å². The number of amides is 1. The van der Waals surface area contributed by atoms with Crippen molar-refractivity contribution >= 4 is 11.6 Å². The van der Waals surface area contributed by atoms with Gasteiger partial charge in [-0.05, 0) is 49.2 Å². The number of carbonyl (C=O) groups excluding carboxylic acids is 1. The average Bonchev–Trinajstić information content (AvgIpc) is 3.20. The van der Waals surface area contributed by atoms with Gasteiger partial charge in [-0.2, -0.15) is 0 Å².